The fourth-order valence-electron chi connectivity index (χ4n) is 2.07. The Labute approximate surface area is 120 Å². The highest BCUT2D eigenvalue weighted by atomic mass is 32.2. The number of benzene rings is 1. The Balaban J connectivity index is 2.73. The topological polar surface area (TPSA) is 32.3 Å². The molecule has 0 aliphatic rings. The van der Waals surface area contributed by atoms with Crippen molar-refractivity contribution in [2.24, 2.45) is 0 Å². The van der Waals surface area contributed by atoms with Crippen LogP contribution < -0.4 is 5.32 Å². The van der Waals surface area contributed by atoms with Crippen molar-refractivity contribution in [1.29, 1.82) is 0 Å². The summed E-state index contributed by atoms with van der Waals surface area (Å²) in [5.74, 6) is 1.16. The lowest BCUT2D eigenvalue weighted by Crippen LogP contribution is -2.37. The number of aryl methyl sites for hydroxylation is 1. The van der Waals surface area contributed by atoms with Gasteiger partial charge in [-0.15, -0.1) is 0 Å². The molecule has 1 atom stereocenters. The summed E-state index contributed by atoms with van der Waals surface area (Å²) >= 11 is 1.81. The van der Waals surface area contributed by atoms with E-state index in [1.54, 1.807) is 11.8 Å². The molecule has 19 heavy (non-hydrogen) atoms. The van der Waals surface area contributed by atoms with Crippen molar-refractivity contribution in [3.8, 4) is 0 Å². The number of likely N-dealkylation sites (N-methyl/N-ethyl adjacent to an activating group) is 1. The van der Waals surface area contributed by atoms with Crippen LogP contribution in [0.1, 0.15) is 23.6 Å². The standard InChI is InChI=1S/C15H24N2OS/c1-12-8-5-6-9-13(12)14(17(2)3)15(18)16-10-7-11-19-4/h5-6,8-9,14H,7,10-11H2,1-4H3,(H,16,18)/t14-/m1/s1. The molecule has 0 bridgehead atoms. The highest BCUT2D eigenvalue weighted by Gasteiger charge is 2.23. The average Bonchev–Trinajstić information content (AvgIpc) is 2.37. The van der Waals surface area contributed by atoms with Gasteiger partial charge in [0.1, 0.15) is 6.04 Å². The molecular formula is C15H24N2OS. The summed E-state index contributed by atoms with van der Waals surface area (Å²) in [7, 11) is 3.89. The molecule has 1 aromatic carbocycles. The number of carbonyl (C=O) groups is 1. The van der Waals surface area contributed by atoms with Crippen LogP contribution >= 0.6 is 11.8 Å². The van der Waals surface area contributed by atoms with Crippen LogP contribution in [-0.2, 0) is 4.79 Å². The van der Waals surface area contributed by atoms with E-state index < -0.39 is 0 Å². The molecule has 0 aliphatic carbocycles. The minimum Gasteiger partial charge on any atom is -0.354 e. The van der Waals surface area contributed by atoms with E-state index in [0.29, 0.717) is 0 Å². The van der Waals surface area contributed by atoms with E-state index in [2.05, 4.69) is 11.6 Å². The third-order valence-corrected chi connectivity index (χ3v) is 3.77. The van der Waals surface area contributed by atoms with Gasteiger partial charge in [-0.3, -0.25) is 9.69 Å². The van der Waals surface area contributed by atoms with Gasteiger partial charge in [0, 0.05) is 6.54 Å². The number of amides is 1. The second-order valence-electron chi connectivity index (χ2n) is 4.86. The van der Waals surface area contributed by atoms with Gasteiger partial charge in [0.15, 0.2) is 0 Å². The average molecular weight is 280 g/mol. The van der Waals surface area contributed by atoms with Crippen LogP contribution in [0.15, 0.2) is 24.3 Å². The van der Waals surface area contributed by atoms with Crippen molar-refractivity contribution in [2.45, 2.75) is 19.4 Å². The molecule has 0 unspecified atom stereocenters. The van der Waals surface area contributed by atoms with E-state index in [4.69, 9.17) is 0 Å². The summed E-state index contributed by atoms with van der Waals surface area (Å²) in [6.45, 7) is 2.79. The first kappa shape index (κ1) is 16.1. The van der Waals surface area contributed by atoms with Crippen LogP contribution in [-0.4, -0.2) is 43.5 Å². The molecule has 0 aliphatic heterocycles. The van der Waals surface area contributed by atoms with Gasteiger partial charge in [-0.2, -0.15) is 11.8 Å². The largest absolute Gasteiger partial charge is 0.354 e. The minimum atomic E-state index is -0.213. The maximum absolute atomic E-state index is 12.3. The van der Waals surface area contributed by atoms with Crippen LogP contribution in [0.3, 0.4) is 0 Å². The Morgan fingerprint density at radius 2 is 2.05 bits per heavy atom. The quantitative estimate of drug-likeness (QED) is 0.779. The van der Waals surface area contributed by atoms with E-state index in [9.17, 15) is 4.79 Å². The Morgan fingerprint density at radius 1 is 1.37 bits per heavy atom. The van der Waals surface area contributed by atoms with Crippen molar-refractivity contribution in [3.05, 3.63) is 35.4 Å². The number of hydrogen-bond donors (Lipinski definition) is 1. The predicted octanol–water partition coefficient (Wildman–Crippen LogP) is 2.47. The molecular weight excluding hydrogens is 256 g/mol. The van der Waals surface area contributed by atoms with Crippen LogP contribution in [0, 0.1) is 6.92 Å². The Kier molecular flexibility index (Phi) is 6.95. The highest BCUT2D eigenvalue weighted by molar-refractivity contribution is 7.98. The molecule has 0 radical (unpaired) electrons. The van der Waals surface area contributed by atoms with Gasteiger partial charge < -0.3 is 5.32 Å². The molecule has 3 nitrogen and oxygen atoms in total. The molecule has 0 spiro atoms. The third kappa shape index (κ3) is 4.88. The van der Waals surface area contributed by atoms with Crippen molar-refractivity contribution < 1.29 is 4.79 Å². The summed E-state index contributed by atoms with van der Waals surface area (Å²) in [4.78, 5) is 14.3. The number of thioether (sulfide) groups is 1. The molecule has 1 rings (SSSR count). The first-order chi connectivity index (χ1) is 9.07. The Hall–Kier alpha value is -1.00. The van der Waals surface area contributed by atoms with Gasteiger partial charge in [0.05, 0.1) is 0 Å². The first-order valence-corrected chi connectivity index (χ1v) is 7.96. The first-order valence-electron chi connectivity index (χ1n) is 6.56. The molecule has 0 heterocycles. The second-order valence-corrected chi connectivity index (χ2v) is 5.85. The Morgan fingerprint density at radius 3 is 2.63 bits per heavy atom. The van der Waals surface area contributed by atoms with E-state index in [1.165, 1.54) is 0 Å². The Bertz CT molecular complexity index is 407. The number of nitrogens with zero attached hydrogens (tertiary/aromatic N) is 1. The van der Waals surface area contributed by atoms with Crippen molar-refractivity contribution >= 4 is 17.7 Å². The fourth-order valence-corrected chi connectivity index (χ4v) is 2.51. The molecule has 0 saturated heterocycles. The van der Waals surface area contributed by atoms with Crippen molar-refractivity contribution in [2.75, 3.05) is 32.6 Å². The second kappa shape index (κ2) is 8.23. The van der Waals surface area contributed by atoms with Crippen molar-refractivity contribution in [3.63, 3.8) is 0 Å². The lowest BCUT2D eigenvalue weighted by Gasteiger charge is -2.25. The zero-order valence-electron chi connectivity index (χ0n) is 12.3. The fraction of sp³-hybridized carbons (Fsp3) is 0.533. The van der Waals surface area contributed by atoms with Crippen LogP contribution in [0.5, 0.6) is 0 Å². The third-order valence-electron chi connectivity index (χ3n) is 3.07. The summed E-state index contributed by atoms with van der Waals surface area (Å²) in [5.41, 5.74) is 2.23. The normalized spacial score (nSPS) is 12.5. The van der Waals surface area contributed by atoms with Gasteiger partial charge in [-0.25, -0.2) is 0 Å². The molecule has 4 heteroatoms. The van der Waals surface area contributed by atoms with Crippen LogP contribution in [0.4, 0.5) is 0 Å². The van der Waals surface area contributed by atoms with Crippen LogP contribution in [0.2, 0.25) is 0 Å². The molecule has 0 aromatic heterocycles. The van der Waals surface area contributed by atoms with Gasteiger partial charge >= 0.3 is 0 Å². The lowest BCUT2D eigenvalue weighted by molar-refractivity contribution is -0.125. The summed E-state index contributed by atoms with van der Waals surface area (Å²) in [6.07, 6.45) is 3.10. The maximum Gasteiger partial charge on any atom is 0.241 e. The van der Waals surface area contributed by atoms with E-state index in [1.807, 2.05) is 50.2 Å². The molecule has 0 saturated carbocycles. The van der Waals surface area contributed by atoms with Crippen molar-refractivity contribution in [1.82, 2.24) is 10.2 Å². The van der Waals surface area contributed by atoms with Crippen LogP contribution in [0.25, 0.3) is 0 Å². The maximum atomic E-state index is 12.3. The molecule has 0 fully saturated rings. The number of rotatable bonds is 7. The highest BCUT2D eigenvalue weighted by Crippen LogP contribution is 2.21. The monoisotopic (exact) mass is 280 g/mol. The van der Waals surface area contributed by atoms with Gasteiger partial charge in [-0.1, -0.05) is 24.3 Å². The van der Waals surface area contributed by atoms with Gasteiger partial charge in [0.2, 0.25) is 5.91 Å². The number of hydrogen-bond acceptors (Lipinski definition) is 3. The molecule has 1 aromatic rings. The summed E-state index contributed by atoms with van der Waals surface area (Å²) in [5, 5.41) is 3.03. The van der Waals surface area contributed by atoms with E-state index in [-0.39, 0.29) is 11.9 Å². The zero-order valence-corrected chi connectivity index (χ0v) is 13.1. The number of carbonyl (C=O) groups excluding carboxylic acids is 1. The van der Waals surface area contributed by atoms with Gasteiger partial charge in [-0.05, 0) is 50.6 Å². The number of nitrogens with one attached hydrogen (secondary N) is 1. The smallest absolute Gasteiger partial charge is 0.241 e. The van der Waals surface area contributed by atoms with Gasteiger partial charge in [0.25, 0.3) is 0 Å². The molecule has 106 valence electrons. The molecule has 1 amide bonds. The summed E-state index contributed by atoms with van der Waals surface area (Å²) in [6, 6.07) is 7.85. The predicted molar refractivity (Wildman–Crippen MR) is 83.6 cm³/mol. The zero-order chi connectivity index (χ0) is 14.3. The van der Waals surface area contributed by atoms with E-state index >= 15 is 0 Å². The minimum absolute atomic E-state index is 0.0837. The summed E-state index contributed by atoms with van der Waals surface area (Å²) < 4.78 is 0. The molecule has 1 N–H and O–H groups in total. The van der Waals surface area contributed by atoms with E-state index in [0.717, 1.165) is 29.8 Å². The SMILES string of the molecule is CSCCCNC(=O)[C@@H](c1ccccc1C)N(C)C. The lowest BCUT2D eigenvalue weighted by atomic mass is 10.00.